The quantitative estimate of drug-likeness (QED) is 0.290. The summed E-state index contributed by atoms with van der Waals surface area (Å²) in [5.41, 5.74) is 4.91. The zero-order valence-electron chi connectivity index (χ0n) is 19.9. The molecule has 35 heavy (non-hydrogen) atoms. The van der Waals surface area contributed by atoms with E-state index in [1.165, 1.54) is 11.6 Å². The molecular weight excluding hydrogens is 490 g/mol. The maximum Gasteiger partial charge on any atom is 0.332 e. The van der Waals surface area contributed by atoms with Crippen LogP contribution in [0.5, 0.6) is 0 Å². The number of rotatable bonds is 7. The van der Waals surface area contributed by atoms with E-state index in [9.17, 15) is 19.2 Å². The van der Waals surface area contributed by atoms with Crippen LogP contribution in [0.15, 0.2) is 37.7 Å². The van der Waals surface area contributed by atoms with E-state index in [1.807, 2.05) is 13.8 Å². The Morgan fingerprint density at radius 2 is 1.89 bits per heavy atom. The average Bonchev–Trinajstić information content (AvgIpc) is 3.33. The molecule has 4 rings (SSSR count). The molecule has 1 aromatic carbocycles. The normalized spacial score (nSPS) is 14.3. The number of nitrogens with two attached hydrogens (primary N) is 1. The van der Waals surface area contributed by atoms with Crippen LogP contribution in [0, 0.1) is 5.92 Å². The number of Topliss-reactive ketones (excluding diaryl/α,β-unsaturated/α-hetero) is 1. The van der Waals surface area contributed by atoms with Gasteiger partial charge in [0.1, 0.15) is 11.4 Å². The summed E-state index contributed by atoms with van der Waals surface area (Å²) in [6.07, 6.45) is 3.75. The number of carbonyl (C=O) groups is 1. The average molecular weight is 518 g/mol. The molecule has 1 saturated carbocycles. The second kappa shape index (κ2) is 10.0. The number of ketones is 1. The van der Waals surface area contributed by atoms with Crippen molar-refractivity contribution in [3.8, 4) is 0 Å². The predicted octanol–water partition coefficient (Wildman–Crippen LogP) is 3.24. The van der Waals surface area contributed by atoms with Gasteiger partial charge in [-0.25, -0.2) is 9.78 Å². The molecule has 0 amide bonds. The number of nitrogens with zero attached hydrogens (tertiary/aromatic N) is 4. The van der Waals surface area contributed by atoms with E-state index in [0.29, 0.717) is 21.1 Å². The van der Waals surface area contributed by atoms with Gasteiger partial charge in [-0.15, -0.1) is 0 Å². The molecule has 0 radical (unpaired) electrons. The Kier molecular flexibility index (Phi) is 7.23. The SMILES string of the molecule is CC(C)Cn1c(N)c(C(=O)CSc2nc3cc(Cl)ccc3c(=O)n2C2CCCC2)c(=O)n(C)c1=O. The van der Waals surface area contributed by atoms with E-state index in [4.69, 9.17) is 17.3 Å². The Hall–Kier alpha value is -2.85. The molecule has 2 N–H and O–H groups in total. The van der Waals surface area contributed by atoms with Crippen LogP contribution >= 0.6 is 23.4 Å². The third kappa shape index (κ3) is 4.81. The van der Waals surface area contributed by atoms with Gasteiger partial charge in [0.15, 0.2) is 10.9 Å². The molecular formula is C24H28ClN5O4S. The summed E-state index contributed by atoms with van der Waals surface area (Å²) in [6, 6.07) is 4.95. The lowest BCUT2D eigenvalue weighted by Gasteiger charge is -2.19. The highest BCUT2D eigenvalue weighted by Crippen LogP contribution is 2.32. The monoisotopic (exact) mass is 517 g/mol. The van der Waals surface area contributed by atoms with Crippen LogP contribution in [-0.4, -0.2) is 30.2 Å². The van der Waals surface area contributed by atoms with E-state index in [1.54, 1.807) is 22.8 Å². The maximum absolute atomic E-state index is 13.4. The summed E-state index contributed by atoms with van der Waals surface area (Å²) >= 11 is 7.21. The van der Waals surface area contributed by atoms with Crippen LogP contribution in [0.25, 0.3) is 10.9 Å². The van der Waals surface area contributed by atoms with Crippen molar-refractivity contribution < 1.29 is 4.79 Å². The van der Waals surface area contributed by atoms with Crippen molar-refractivity contribution in [1.82, 2.24) is 18.7 Å². The van der Waals surface area contributed by atoms with Crippen LogP contribution in [0.3, 0.4) is 0 Å². The van der Waals surface area contributed by atoms with Crippen LogP contribution in [-0.2, 0) is 13.6 Å². The standard InChI is InChI=1S/C24H28ClN5O4S/c1-13(2)11-29-20(26)19(22(33)28(3)24(29)34)18(31)12-35-23-27-17-10-14(25)8-9-16(17)21(32)30(23)15-6-4-5-7-15/h8-10,13,15H,4-7,11-12,26H2,1-3H3. The van der Waals surface area contributed by atoms with Crippen LogP contribution in [0.4, 0.5) is 5.82 Å². The second-order valence-electron chi connectivity index (χ2n) is 9.29. The predicted molar refractivity (Wildman–Crippen MR) is 139 cm³/mol. The van der Waals surface area contributed by atoms with Crippen LogP contribution in [0.2, 0.25) is 5.02 Å². The fourth-order valence-corrected chi connectivity index (χ4v) is 5.63. The van der Waals surface area contributed by atoms with Crippen molar-refractivity contribution in [2.45, 2.75) is 57.3 Å². The van der Waals surface area contributed by atoms with Gasteiger partial charge >= 0.3 is 5.69 Å². The minimum atomic E-state index is -0.732. The smallest absolute Gasteiger partial charge is 0.332 e. The Balaban J connectivity index is 1.75. The van der Waals surface area contributed by atoms with Gasteiger partial charge in [-0.05, 0) is 37.0 Å². The van der Waals surface area contributed by atoms with Gasteiger partial charge in [-0.3, -0.25) is 28.1 Å². The molecule has 0 bridgehead atoms. The molecule has 0 aliphatic heterocycles. The summed E-state index contributed by atoms with van der Waals surface area (Å²) in [5.74, 6) is -0.739. The van der Waals surface area contributed by atoms with Gasteiger partial charge < -0.3 is 5.73 Å². The molecule has 0 unspecified atom stereocenters. The number of carbonyl (C=O) groups excluding carboxylic acids is 1. The minimum Gasteiger partial charge on any atom is -0.384 e. The highest BCUT2D eigenvalue weighted by molar-refractivity contribution is 7.99. The number of anilines is 1. The molecule has 3 aromatic rings. The van der Waals surface area contributed by atoms with E-state index in [-0.39, 0.29) is 41.2 Å². The number of hydrogen-bond donors (Lipinski definition) is 1. The Bertz CT molecular complexity index is 1480. The molecule has 0 spiro atoms. The zero-order chi connectivity index (χ0) is 25.4. The minimum absolute atomic E-state index is 0.00133. The number of thioether (sulfide) groups is 1. The number of benzene rings is 1. The first-order valence-corrected chi connectivity index (χ1v) is 12.9. The lowest BCUT2D eigenvalue weighted by atomic mass is 10.2. The molecule has 2 heterocycles. The topological polar surface area (TPSA) is 122 Å². The van der Waals surface area contributed by atoms with E-state index in [0.717, 1.165) is 42.0 Å². The summed E-state index contributed by atoms with van der Waals surface area (Å²) in [6.45, 7) is 4.10. The highest BCUT2D eigenvalue weighted by atomic mass is 35.5. The van der Waals surface area contributed by atoms with E-state index < -0.39 is 17.0 Å². The molecule has 0 atom stereocenters. The van der Waals surface area contributed by atoms with Gasteiger partial charge in [0, 0.05) is 24.7 Å². The first-order chi connectivity index (χ1) is 16.6. The van der Waals surface area contributed by atoms with Crippen molar-refractivity contribution >= 4 is 45.9 Å². The van der Waals surface area contributed by atoms with Gasteiger partial charge in [0.2, 0.25) is 0 Å². The van der Waals surface area contributed by atoms with Crippen molar-refractivity contribution in [3.05, 3.63) is 60.0 Å². The van der Waals surface area contributed by atoms with Gasteiger partial charge in [-0.1, -0.05) is 50.1 Å². The fraction of sp³-hybridized carbons (Fsp3) is 0.458. The third-order valence-corrected chi connectivity index (χ3v) is 7.45. The lowest BCUT2D eigenvalue weighted by molar-refractivity contribution is 0.102. The van der Waals surface area contributed by atoms with Gasteiger partial charge in [-0.2, -0.15) is 0 Å². The molecule has 11 heteroatoms. The largest absolute Gasteiger partial charge is 0.384 e. The summed E-state index contributed by atoms with van der Waals surface area (Å²) in [5, 5.41) is 1.32. The molecule has 1 fully saturated rings. The molecule has 0 saturated heterocycles. The van der Waals surface area contributed by atoms with E-state index >= 15 is 0 Å². The number of halogens is 1. The fourth-order valence-electron chi connectivity index (χ4n) is 4.53. The van der Waals surface area contributed by atoms with Crippen molar-refractivity contribution in [2.75, 3.05) is 11.5 Å². The first kappa shape index (κ1) is 25.2. The third-order valence-electron chi connectivity index (χ3n) is 6.26. The second-order valence-corrected chi connectivity index (χ2v) is 10.7. The molecule has 1 aliphatic carbocycles. The number of nitrogen functional groups attached to an aromatic ring is 1. The zero-order valence-corrected chi connectivity index (χ0v) is 21.5. The Labute approximate surface area is 210 Å². The van der Waals surface area contributed by atoms with Crippen LogP contribution < -0.4 is 22.5 Å². The summed E-state index contributed by atoms with van der Waals surface area (Å²) < 4.78 is 3.83. The Morgan fingerprint density at radius 3 is 2.54 bits per heavy atom. The number of hydrogen-bond acceptors (Lipinski definition) is 7. The van der Waals surface area contributed by atoms with Gasteiger partial charge in [0.25, 0.3) is 11.1 Å². The summed E-state index contributed by atoms with van der Waals surface area (Å²) in [7, 11) is 1.33. The Morgan fingerprint density at radius 1 is 1.20 bits per heavy atom. The molecule has 2 aromatic heterocycles. The van der Waals surface area contributed by atoms with Crippen LogP contribution in [0.1, 0.15) is 55.9 Å². The van der Waals surface area contributed by atoms with Gasteiger partial charge in [0.05, 0.1) is 16.7 Å². The first-order valence-electron chi connectivity index (χ1n) is 11.6. The molecule has 9 nitrogen and oxygen atoms in total. The number of aromatic nitrogens is 4. The lowest BCUT2D eigenvalue weighted by Crippen LogP contribution is -2.43. The molecule has 1 aliphatic rings. The maximum atomic E-state index is 13.4. The van der Waals surface area contributed by atoms with Crippen molar-refractivity contribution in [1.29, 1.82) is 0 Å². The van der Waals surface area contributed by atoms with Crippen molar-refractivity contribution in [3.63, 3.8) is 0 Å². The van der Waals surface area contributed by atoms with E-state index in [2.05, 4.69) is 4.98 Å². The molecule has 186 valence electrons. The summed E-state index contributed by atoms with van der Waals surface area (Å²) in [4.78, 5) is 56.6. The van der Waals surface area contributed by atoms with Crippen molar-refractivity contribution in [2.24, 2.45) is 13.0 Å². The number of fused-ring (bicyclic) bond motifs is 1. The highest BCUT2D eigenvalue weighted by Gasteiger charge is 2.26.